The number of aliphatic imine (C=N–C) groups is 1. The van der Waals surface area contributed by atoms with Gasteiger partial charge in [0.25, 0.3) is 0 Å². The fourth-order valence-electron chi connectivity index (χ4n) is 1.62. The van der Waals surface area contributed by atoms with Gasteiger partial charge in [-0.3, -0.25) is 9.79 Å². The first-order chi connectivity index (χ1) is 9.82. The molecule has 124 valence electrons. The van der Waals surface area contributed by atoms with Gasteiger partial charge in [-0.05, 0) is 24.1 Å². The molecule has 0 atom stereocenters. The van der Waals surface area contributed by atoms with Gasteiger partial charge in [-0.1, -0.05) is 39.8 Å². The monoisotopic (exact) mass is 418 g/mol. The average molecular weight is 418 g/mol. The normalized spacial score (nSPS) is 11.5. The van der Waals surface area contributed by atoms with E-state index in [0.717, 1.165) is 12.1 Å². The second-order valence-electron chi connectivity index (χ2n) is 5.95. The number of anilines is 1. The highest BCUT2D eigenvalue weighted by molar-refractivity contribution is 14.0. The van der Waals surface area contributed by atoms with Crippen molar-refractivity contribution in [1.29, 1.82) is 0 Å². The molecule has 4 N–H and O–H groups in total. The molecule has 1 aromatic rings. The SMILES string of the molecule is CCc1ccc(NC(N)=NCCNC(=O)C(C)(C)C)cc1.I. The molecule has 0 heterocycles. The van der Waals surface area contributed by atoms with Crippen molar-refractivity contribution in [2.24, 2.45) is 16.1 Å². The topological polar surface area (TPSA) is 79.5 Å². The van der Waals surface area contributed by atoms with E-state index in [2.05, 4.69) is 34.7 Å². The molecule has 0 bridgehead atoms. The molecule has 1 amide bonds. The second kappa shape index (κ2) is 9.66. The predicted octanol–water partition coefficient (Wildman–Crippen LogP) is 2.76. The van der Waals surface area contributed by atoms with Crippen LogP contribution in [0.15, 0.2) is 29.3 Å². The number of nitrogens with two attached hydrogens (primary N) is 1. The van der Waals surface area contributed by atoms with Crippen molar-refractivity contribution in [3.8, 4) is 0 Å². The Morgan fingerprint density at radius 1 is 1.23 bits per heavy atom. The van der Waals surface area contributed by atoms with Crippen LogP contribution in [0.1, 0.15) is 33.3 Å². The van der Waals surface area contributed by atoms with Gasteiger partial charge >= 0.3 is 0 Å². The molecular weight excluding hydrogens is 391 g/mol. The number of halogens is 1. The zero-order valence-electron chi connectivity index (χ0n) is 13.8. The minimum Gasteiger partial charge on any atom is -0.370 e. The van der Waals surface area contributed by atoms with Gasteiger partial charge in [0.05, 0.1) is 6.54 Å². The number of amides is 1. The summed E-state index contributed by atoms with van der Waals surface area (Å²) in [6.45, 7) is 8.68. The Kier molecular flexibility index (Phi) is 9.08. The summed E-state index contributed by atoms with van der Waals surface area (Å²) < 4.78 is 0. The molecular formula is C16H27IN4O. The Morgan fingerprint density at radius 2 is 1.82 bits per heavy atom. The number of guanidine groups is 1. The van der Waals surface area contributed by atoms with Crippen molar-refractivity contribution in [3.63, 3.8) is 0 Å². The summed E-state index contributed by atoms with van der Waals surface area (Å²) in [5.41, 5.74) is 7.61. The third-order valence-electron chi connectivity index (χ3n) is 3.00. The standard InChI is InChI=1S/C16H26N4O.HI/c1-5-12-6-8-13(9-7-12)20-15(17)19-11-10-18-14(21)16(2,3)4;/h6-9H,5,10-11H2,1-4H3,(H,18,21)(H3,17,19,20);1H. The number of rotatable bonds is 5. The molecule has 0 radical (unpaired) electrons. The van der Waals surface area contributed by atoms with E-state index in [9.17, 15) is 4.79 Å². The van der Waals surface area contributed by atoms with Crippen LogP contribution in [0.4, 0.5) is 5.69 Å². The van der Waals surface area contributed by atoms with Crippen LogP contribution < -0.4 is 16.4 Å². The van der Waals surface area contributed by atoms with Gasteiger partial charge in [-0.15, -0.1) is 24.0 Å². The number of carbonyl (C=O) groups excluding carboxylic acids is 1. The molecule has 0 fully saturated rings. The lowest BCUT2D eigenvalue weighted by molar-refractivity contribution is -0.128. The van der Waals surface area contributed by atoms with Crippen molar-refractivity contribution in [3.05, 3.63) is 29.8 Å². The van der Waals surface area contributed by atoms with Gasteiger partial charge in [0.1, 0.15) is 0 Å². The Morgan fingerprint density at radius 3 is 2.32 bits per heavy atom. The third-order valence-corrected chi connectivity index (χ3v) is 3.00. The van der Waals surface area contributed by atoms with Gasteiger partial charge in [-0.2, -0.15) is 0 Å². The van der Waals surface area contributed by atoms with E-state index in [1.54, 1.807) is 0 Å². The lowest BCUT2D eigenvalue weighted by atomic mass is 9.96. The van der Waals surface area contributed by atoms with E-state index in [0.29, 0.717) is 19.0 Å². The van der Waals surface area contributed by atoms with Gasteiger partial charge < -0.3 is 16.4 Å². The first-order valence-corrected chi connectivity index (χ1v) is 7.27. The van der Waals surface area contributed by atoms with E-state index in [1.807, 2.05) is 32.9 Å². The number of benzene rings is 1. The summed E-state index contributed by atoms with van der Waals surface area (Å²) in [7, 11) is 0. The summed E-state index contributed by atoms with van der Waals surface area (Å²) in [5, 5.41) is 5.85. The second-order valence-corrected chi connectivity index (χ2v) is 5.95. The largest absolute Gasteiger partial charge is 0.370 e. The number of nitrogens with zero attached hydrogens (tertiary/aromatic N) is 1. The Balaban J connectivity index is 0.00000441. The van der Waals surface area contributed by atoms with Gasteiger partial charge in [0.2, 0.25) is 5.91 Å². The first-order valence-electron chi connectivity index (χ1n) is 7.27. The summed E-state index contributed by atoms with van der Waals surface area (Å²) >= 11 is 0. The molecule has 0 unspecified atom stereocenters. The smallest absolute Gasteiger partial charge is 0.225 e. The van der Waals surface area contributed by atoms with E-state index >= 15 is 0 Å². The van der Waals surface area contributed by atoms with Crippen LogP contribution in [-0.2, 0) is 11.2 Å². The lowest BCUT2D eigenvalue weighted by Gasteiger charge is -2.17. The van der Waals surface area contributed by atoms with Gasteiger partial charge in [0.15, 0.2) is 5.96 Å². The molecule has 22 heavy (non-hydrogen) atoms. The molecule has 0 spiro atoms. The van der Waals surface area contributed by atoms with Crippen LogP contribution in [0.3, 0.4) is 0 Å². The zero-order valence-corrected chi connectivity index (χ0v) is 16.1. The Hall–Kier alpha value is -1.31. The van der Waals surface area contributed by atoms with Crippen LogP contribution in [0, 0.1) is 5.41 Å². The molecule has 0 aliphatic carbocycles. The highest BCUT2D eigenvalue weighted by Crippen LogP contribution is 2.12. The Labute approximate surface area is 150 Å². The maximum atomic E-state index is 11.7. The van der Waals surface area contributed by atoms with E-state index in [4.69, 9.17) is 5.73 Å². The molecule has 0 aromatic heterocycles. The van der Waals surface area contributed by atoms with Crippen molar-refractivity contribution in [1.82, 2.24) is 5.32 Å². The van der Waals surface area contributed by atoms with Crippen LogP contribution in [-0.4, -0.2) is 25.0 Å². The quantitative estimate of drug-likeness (QED) is 0.298. The van der Waals surface area contributed by atoms with Crippen LogP contribution in [0.5, 0.6) is 0 Å². The van der Waals surface area contributed by atoms with Gasteiger partial charge in [-0.25, -0.2) is 0 Å². The maximum absolute atomic E-state index is 11.7. The zero-order chi connectivity index (χ0) is 15.9. The van der Waals surface area contributed by atoms with Gasteiger partial charge in [0, 0.05) is 17.6 Å². The molecule has 5 nitrogen and oxygen atoms in total. The fraction of sp³-hybridized carbons (Fsp3) is 0.500. The molecule has 0 aliphatic heterocycles. The number of hydrogen-bond donors (Lipinski definition) is 3. The molecule has 6 heteroatoms. The van der Waals surface area contributed by atoms with Crippen molar-refractivity contribution in [2.75, 3.05) is 18.4 Å². The van der Waals surface area contributed by atoms with Crippen molar-refractivity contribution >= 4 is 41.5 Å². The molecule has 1 aromatic carbocycles. The fourth-order valence-corrected chi connectivity index (χ4v) is 1.62. The molecule has 0 saturated heterocycles. The predicted molar refractivity (Wildman–Crippen MR) is 104 cm³/mol. The highest BCUT2D eigenvalue weighted by Gasteiger charge is 2.19. The third kappa shape index (κ3) is 7.63. The van der Waals surface area contributed by atoms with E-state index in [-0.39, 0.29) is 35.3 Å². The first kappa shape index (κ1) is 20.7. The van der Waals surface area contributed by atoms with Crippen molar-refractivity contribution in [2.45, 2.75) is 34.1 Å². The van der Waals surface area contributed by atoms with Crippen LogP contribution in [0.2, 0.25) is 0 Å². The average Bonchev–Trinajstić information content (AvgIpc) is 2.43. The number of carbonyl (C=O) groups is 1. The lowest BCUT2D eigenvalue weighted by Crippen LogP contribution is -2.36. The molecule has 0 saturated carbocycles. The van der Waals surface area contributed by atoms with E-state index in [1.165, 1.54) is 5.56 Å². The number of hydrogen-bond acceptors (Lipinski definition) is 2. The summed E-state index contributed by atoms with van der Waals surface area (Å²) in [4.78, 5) is 15.8. The number of aryl methyl sites for hydroxylation is 1. The van der Waals surface area contributed by atoms with Crippen LogP contribution in [0.25, 0.3) is 0 Å². The number of nitrogens with one attached hydrogen (secondary N) is 2. The summed E-state index contributed by atoms with van der Waals surface area (Å²) in [6.07, 6.45) is 1.01. The molecule has 0 aliphatic rings. The summed E-state index contributed by atoms with van der Waals surface area (Å²) in [6, 6.07) is 8.06. The minimum atomic E-state index is -0.380. The Bertz CT molecular complexity index is 492. The van der Waals surface area contributed by atoms with E-state index < -0.39 is 0 Å². The highest BCUT2D eigenvalue weighted by atomic mass is 127. The minimum absolute atomic E-state index is 0. The summed E-state index contributed by atoms with van der Waals surface area (Å²) in [5.74, 6) is 0.364. The molecule has 1 rings (SSSR count). The van der Waals surface area contributed by atoms with Crippen LogP contribution >= 0.6 is 24.0 Å². The van der Waals surface area contributed by atoms with Crippen molar-refractivity contribution < 1.29 is 4.79 Å². The maximum Gasteiger partial charge on any atom is 0.225 e.